The molecule has 0 atom stereocenters. The Morgan fingerprint density at radius 1 is 1.29 bits per heavy atom. The fourth-order valence-corrected chi connectivity index (χ4v) is 1.88. The number of hydrogen-bond donors (Lipinski definition) is 1. The summed E-state index contributed by atoms with van der Waals surface area (Å²) in [5.74, 6) is 0.935. The van der Waals surface area contributed by atoms with Crippen LogP contribution in [-0.2, 0) is 9.47 Å². The number of ether oxygens (including phenoxy) is 2. The van der Waals surface area contributed by atoms with Crippen molar-refractivity contribution in [1.29, 1.82) is 0 Å². The van der Waals surface area contributed by atoms with Crippen LogP contribution >= 0.6 is 0 Å². The number of hydrogen-bond acceptors (Lipinski definition) is 7. The van der Waals surface area contributed by atoms with Gasteiger partial charge in [-0.15, -0.1) is 0 Å². The zero-order valence-corrected chi connectivity index (χ0v) is 12.7. The lowest BCUT2D eigenvalue weighted by Gasteiger charge is -2.23. The van der Waals surface area contributed by atoms with Gasteiger partial charge in [-0.05, 0) is 12.5 Å². The number of nitrogens with zero attached hydrogens (tertiary/aromatic N) is 3. The summed E-state index contributed by atoms with van der Waals surface area (Å²) in [5, 5.41) is 14.1. The van der Waals surface area contributed by atoms with E-state index in [1.165, 1.54) is 6.07 Å². The Morgan fingerprint density at radius 3 is 2.57 bits per heavy atom. The van der Waals surface area contributed by atoms with Crippen molar-refractivity contribution in [2.45, 2.75) is 6.42 Å². The van der Waals surface area contributed by atoms with Gasteiger partial charge < -0.3 is 19.7 Å². The maximum Gasteiger partial charge on any atom is 0.311 e. The number of pyridine rings is 1. The maximum atomic E-state index is 11.2. The summed E-state index contributed by atoms with van der Waals surface area (Å²) in [7, 11) is 4.95. The minimum Gasteiger partial charge on any atom is -0.385 e. The summed E-state index contributed by atoms with van der Waals surface area (Å²) in [6, 6.07) is 3.05. The molecule has 1 aromatic heterocycles. The number of aromatic nitrogens is 1. The van der Waals surface area contributed by atoms with E-state index in [9.17, 15) is 10.1 Å². The molecule has 0 aliphatic carbocycles. The molecule has 8 heteroatoms. The van der Waals surface area contributed by atoms with Crippen molar-refractivity contribution in [3.8, 4) is 0 Å². The zero-order chi connectivity index (χ0) is 15.7. The predicted octanol–water partition coefficient (Wildman–Crippen LogP) is 1.52. The first kappa shape index (κ1) is 17.1. The third kappa shape index (κ3) is 5.16. The molecule has 0 fully saturated rings. The molecule has 0 bridgehead atoms. The van der Waals surface area contributed by atoms with Gasteiger partial charge in [-0.25, -0.2) is 4.98 Å². The first-order chi connectivity index (χ1) is 10.1. The Balaban J connectivity index is 3.03. The topological polar surface area (TPSA) is 89.8 Å². The standard InChI is InChI=1S/C13H22N4O4/c1-14-12-6-5-11(17(18)19)13(15-12)16(8-10-21-3)7-4-9-20-2/h5-6H,4,7-10H2,1-3H3,(H,14,15). The smallest absolute Gasteiger partial charge is 0.311 e. The number of methoxy groups -OCH3 is 2. The molecule has 0 aliphatic rings. The highest BCUT2D eigenvalue weighted by Crippen LogP contribution is 2.27. The van der Waals surface area contributed by atoms with Gasteiger partial charge in [-0.1, -0.05) is 0 Å². The van der Waals surface area contributed by atoms with Gasteiger partial charge in [0.05, 0.1) is 11.5 Å². The molecule has 0 aromatic carbocycles. The second-order valence-electron chi connectivity index (χ2n) is 4.37. The van der Waals surface area contributed by atoms with Crippen LogP contribution in [0.1, 0.15) is 6.42 Å². The Bertz CT molecular complexity index is 456. The Kier molecular flexibility index (Phi) is 7.41. The first-order valence-electron chi connectivity index (χ1n) is 6.70. The summed E-state index contributed by atoms with van der Waals surface area (Å²) in [5.41, 5.74) is -0.0116. The molecule has 21 heavy (non-hydrogen) atoms. The van der Waals surface area contributed by atoms with Crippen molar-refractivity contribution in [2.75, 3.05) is 57.8 Å². The lowest BCUT2D eigenvalue weighted by Crippen LogP contribution is -2.30. The molecule has 1 heterocycles. The van der Waals surface area contributed by atoms with Gasteiger partial charge in [0.15, 0.2) is 0 Å². The molecule has 0 amide bonds. The van der Waals surface area contributed by atoms with Gasteiger partial charge in [-0.2, -0.15) is 0 Å². The second-order valence-corrected chi connectivity index (χ2v) is 4.37. The van der Waals surface area contributed by atoms with Crippen LogP contribution in [0.15, 0.2) is 12.1 Å². The zero-order valence-electron chi connectivity index (χ0n) is 12.7. The number of anilines is 2. The molecular formula is C13H22N4O4. The Morgan fingerprint density at radius 2 is 2.00 bits per heavy atom. The predicted molar refractivity (Wildman–Crippen MR) is 81.0 cm³/mol. The minimum atomic E-state index is -0.419. The molecule has 0 aliphatic heterocycles. The van der Waals surface area contributed by atoms with Crippen molar-refractivity contribution < 1.29 is 14.4 Å². The van der Waals surface area contributed by atoms with Gasteiger partial charge in [0.2, 0.25) is 5.82 Å². The molecular weight excluding hydrogens is 276 g/mol. The SMILES string of the molecule is CNc1ccc([N+](=O)[O-])c(N(CCCOC)CCOC)n1. The van der Waals surface area contributed by atoms with Crippen molar-refractivity contribution in [2.24, 2.45) is 0 Å². The van der Waals surface area contributed by atoms with Crippen molar-refractivity contribution >= 4 is 17.3 Å². The van der Waals surface area contributed by atoms with E-state index in [1.54, 1.807) is 27.3 Å². The highest BCUT2D eigenvalue weighted by molar-refractivity contribution is 5.61. The van der Waals surface area contributed by atoms with Gasteiger partial charge in [-0.3, -0.25) is 10.1 Å². The first-order valence-corrected chi connectivity index (χ1v) is 6.70. The molecule has 1 N–H and O–H groups in total. The minimum absolute atomic E-state index is 0.0116. The van der Waals surface area contributed by atoms with Crippen molar-refractivity contribution in [1.82, 2.24) is 4.98 Å². The molecule has 0 saturated carbocycles. The van der Waals surface area contributed by atoms with Crippen molar-refractivity contribution in [3.63, 3.8) is 0 Å². The van der Waals surface area contributed by atoms with E-state index in [1.807, 2.05) is 4.90 Å². The lowest BCUT2D eigenvalue weighted by atomic mass is 10.3. The third-order valence-corrected chi connectivity index (χ3v) is 2.95. The monoisotopic (exact) mass is 298 g/mol. The van der Waals surface area contributed by atoms with Gasteiger partial charge >= 0.3 is 5.69 Å². The largest absolute Gasteiger partial charge is 0.385 e. The lowest BCUT2D eigenvalue weighted by molar-refractivity contribution is -0.384. The van der Waals surface area contributed by atoms with Gasteiger partial charge in [0.25, 0.3) is 0 Å². The summed E-state index contributed by atoms with van der Waals surface area (Å²) < 4.78 is 10.1. The normalized spacial score (nSPS) is 10.4. The van der Waals surface area contributed by atoms with E-state index >= 15 is 0 Å². The molecule has 118 valence electrons. The van der Waals surface area contributed by atoms with Crippen LogP contribution in [0.4, 0.5) is 17.3 Å². The van der Waals surface area contributed by atoms with E-state index < -0.39 is 4.92 Å². The fraction of sp³-hybridized carbons (Fsp3) is 0.615. The highest BCUT2D eigenvalue weighted by Gasteiger charge is 2.21. The van der Waals surface area contributed by atoms with E-state index in [4.69, 9.17) is 9.47 Å². The molecule has 1 rings (SSSR count). The van der Waals surface area contributed by atoms with Crippen LogP contribution in [0, 0.1) is 10.1 Å². The van der Waals surface area contributed by atoms with Gasteiger partial charge in [0.1, 0.15) is 5.82 Å². The number of nitro groups is 1. The maximum absolute atomic E-state index is 11.2. The van der Waals surface area contributed by atoms with Crippen LogP contribution in [0.25, 0.3) is 0 Å². The van der Waals surface area contributed by atoms with Gasteiger partial charge in [0, 0.05) is 47.0 Å². The highest BCUT2D eigenvalue weighted by atomic mass is 16.6. The summed E-state index contributed by atoms with van der Waals surface area (Å²) in [6.07, 6.45) is 0.753. The molecule has 8 nitrogen and oxygen atoms in total. The van der Waals surface area contributed by atoms with Crippen LogP contribution in [0.5, 0.6) is 0 Å². The number of rotatable bonds is 10. The summed E-state index contributed by atoms with van der Waals surface area (Å²) in [6.45, 7) is 2.19. The molecule has 0 unspecified atom stereocenters. The van der Waals surface area contributed by atoms with Crippen molar-refractivity contribution in [3.05, 3.63) is 22.2 Å². The molecule has 0 saturated heterocycles. The fourth-order valence-electron chi connectivity index (χ4n) is 1.88. The van der Waals surface area contributed by atoms with E-state index in [-0.39, 0.29) is 5.69 Å². The van der Waals surface area contributed by atoms with E-state index in [0.717, 1.165) is 6.42 Å². The summed E-state index contributed by atoms with van der Waals surface area (Å²) in [4.78, 5) is 16.9. The van der Waals surface area contributed by atoms with Crippen LogP contribution < -0.4 is 10.2 Å². The average molecular weight is 298 g/mol. The second kappa shape index (κ2) is 9.09. The van der Waals surface area contributed by atoms with Crippen LogP contribution in [-0.4, -0.2) is 57.5 Å². The Labute approximate surface area is 124 Å². The molecule has 1 aromatic rings. The number of nitrogens with one attached hydrogen (secondary N) is 1. The molecule has 0 spiro atoms. The molecule has 0 radical (unpaired) electrons. The van der Waals surface area contributed by atoms with E-state index in [0.29, 0.717) is 37.9 Å². The average Bonchev–Trinajstić information content (AvgIpc) is 2.50. The Hall–Kier alpha value is -1.93. The quantitative estimate of drug-likeness (QED) is 0.398. The summed E-state index contributed by atoms with van der Waals surface area (Å²) >= 11 is 0. The van der Waals surface area contributed by atoms with Crippen LogP contribution in [0.2, 0.25) is 0 Å². The van der Waals surface area contributed by atoms with E-state index in [2.05, 4.69) is 10.3 Å². The van der Waals surface area contributed by atoms with Crippen LogP contribution in [0.3, 0.4) is 0 Å². The third-order valence-electron chi connectivity index (χ3n) is 2.95.